The molecule has 3 rings (SSSR count). The van der Waals surface area contributed by atoms with E-state index in [-0.39, 0.29) is 18.0 Å². The van der Waals surface area contributed by atoms with E-state index in [1.807, 2.05) is 0 Å². The fraction of sp³-hybridized carbons (Fsp3) is 0.450. The molecule has 3 N–H and O–H groups in total. The van der Waals surface area contributed by atoms with Gasteiger partial charge in [-0.05, 0) is 31.5 Å². The molecule has 2 aromatic rings. The topological polar surface area (TPSA) is 123 Å². The van der Waals surface area contributed by atoms with Gasteiger partial charge in [0.2, 0.25) is 0 Å². The van der Waals surface area contributed by atoms with E-state index in [1.54, 1.807) is 26.0 Å². The molecule has 4 unspecified atom stereocenters. The summed E-state index contributed by atoms with van der Waals surface area (Å²) >= 11 is 11.9. The maximum atomic E-state index is 12.4. The van der Waals surface area contributed by atoms with Crippen LogP contribution < -0.4 is 21.3 Å². The first-order valence-corrected chi connectivity index (χ1v) is 10.5. The van der Waals surface area contributed by atoms with Crippen molar-refractivity contribution in [3.05, 3.63) is 60.8 Å². The van der Waals surface area contributed by atoms with Gasteiger partial charge in [-0.2, -0.15) is 0 Å². The Labute approximate surface area is 187 Å². The average Bonchev–Trinajstić information content (AvgIpc) is 3.08. The summed E-state index contributed by atoms with van der Waals surface area (Å²) in [5, 5.41) is 13.7. The predicted octanol–water partition coefficient (Wildman–Crippen LogP) is 1.64. The minimum Gasteiger partial charge on any atom is -0.479 e. The molecule has 1 aliphatic heterocycles. The molecule has 168 valence electrons. The highest BCUT2D eigenvalue weighted by Crippen LogP contribution is 2.29. The number of benzene rings is 1. The van der Waals surface area contributed by atoms with Crippen LogP contribution in [0, 0.1) is 0 Å². The summed E-state index contributed by atoms with van der Waals surface area (Å²) in [5.41, 5.74) is -0.631. The zero-order chi connectivity index (χ0) is 22.7. The molecule has 1 aromatic heterocycles. The average molecular weight is 472 g/mol. The van der Waals surface area contributed by atoms with Crippen molar-refractivity contribution in [1.29, 1.82) is 0 Å². The maximum Gasteiger partial charge on any atom is 0.330 e. The van der Waals surface area contributed by atoms with Crippen molar-refractivity contribution in [3.8, 4) is 5.75 Å². The number of H-pyrrole nitrogens is 1. The van der Waals surface area contributed by atoms with Crippen LogP contribution in [0.25, 0.3) is 0 Å². The molecule has 1 saturated heterocycles. The molecular weight excluding hydrogens is 449 g/mol. The third-order valence-electron chi connectivity index (χ3n) is 4.98. The first-order valence-electron chi connectivity index (χ1n) is 9.76. The Balaban J connectivity index is 1.59. The largest absolute Gasteiger partial charge is 0.479 e. The van der Waals surface area contributed by atoms with Gasteiger partial charge in [-0.25, -0.2) is 4.79 Å². The zero-order valence-electron chi connectivity index (χ0n) is 16.9. The van der Waals surface area contributed by atoms with Gasteiger partial charge in [-0.15, -0.1) is 0 Å². The summed E-state index contributed by atoms with van der Waals surface area (Å²) < 4.78 is 12.6. The van der Waals surface area contributed by atoms with Crippen LogP contribution in [0.3, 0.4) is 0 Å². The van der Waals surface area contributed by atoms with Crippen LogP contribution in [-0.2, 0) is 16.0 Å². The van der Waals surface area contributed by atoms with E-state index in [9.17, 15) is 19.5 Å². The highest BCUT2D eigenvalue weighted by Gasteiger charge is 2.36. The number of nitrogens with one attached hydrogen (secondary N) is 2. The van der Waals surface area contributed by atoms with Gasteiger partial charge in [0.25, 0.3) is 11.5 Å². The van der Waals surface area contributed by atoms with Crippen molar-refractivity contribution >= 4 is 29.1 Å². The molecule has 1 amide bonds. The third kappa shape index (κ3) is 5.48. The number of nitrogens with zero attached hydrogens (tertiary/aromatic N) is 1. The number of hydrogen-bond donors (Lipinski definition) is 3. The van der Waals surface area contributed by atoms with Crippen molar-refractivity contribution in [3.63, 3.8) is 0 Å². The van der Waals surface area contributed by atoms with Crippen molar-refractivity contribution in [2.45, 2.75) is 51.2 Å². The number of aliphatic hydroxyl groups excluding tert-OH is 1. The number of carbonyl (C=O) groups excluding carboxylic acids is 1. The second-order valence-electron chi connectivity index (χ2n) is 7.19. The van der Waals surface area contributed by atoms with Gasteiger partial charge in [0, 0.05) is 29.7 Å². The zero-order valence-corrected chi connectivity index (χ0v) is 18.4. The summed E-state index contributed by atoms with van der Waals surface area (Å²) in [5.74, 6) is -0.116. The number of aromatic nitrogens is 2. The molecule has 0 saturated carbocycles. The van der Waals surface area contributed by atoms with Crippen molar-refractivity contribution in [2.75, 3.05) is 6.54 Å². The summed E-state index contributed by atoms with van der Waals surface area (Å²) in [4.78, 5) is 38.5. The Hall–Kier alpha value is -2.33. The summed E-state index contributed by atoms with van der Waals surface area (Å²) in [6, 6.07) is 4.67. The van der Waals surface area contributed by atoms with Crippen LogP contribution >= 0.6 is 23.2 Å². The number of ether oxygens (including phenoxy) is 2. The minimum absolute atomic E-state index is 0.0112. The van der Waals surface area contributed by atoms with Crippen LogP contribution in [0.5, 0.6) is 5.75 Å². The normalized spacial score (nSPS) is 21.6. The van der Waals surface area contributed by atoms with E-state index in [2.05, 4.69) is 10.3 Å². The van der Waals surface area contributed by atoms with Gasteiger partial charge >= 0.3 is 5.69 Å². The van der Waals surface area contributed by atoms with Crippen molar-refractivity contribution in [1.82, 2.24) is 14.9 Å². The second kappa shape index (κ2) is 9.86. The number of aromatic amines is 1. The standard InChI is InChI=1S/C20H23Cl2N3O6/c1-3-11-9-25(20(29)24-19(11)28)17-7-14(26)16(31-17)8-23-18(27)10(2)30-15-5-4-12(21)6-13(15)22/h4-6,9-10,14,16-17,26H,3,7-8H2,1-2H3,(H,23,27)(H,24,28,29). The van der Waals surface area contributed by atoms with Gasteiger partial charge in [0.1, 0.15) is 18.1 Å². The highest BCUT2D eigenvalue weighted by atomic mass is 35.5. The highest BCUT2D eigenvalue weighted by molar-refractivity contribution is 6.35. The third-order valence-corrected chi connectivity index (χ3v) is 5.51. The molecule has 0 radical (unpaired) electrons. The van der Waals surface area contributed by atoms with E-state index in [4.69, 9.17) is 32.7 Å². The number of rotatable bonds is 7. The Morgan fingerprint density at radius 1 is 1.42 bits per heavy atom. The number of amides is 1. The molecule has 9 nitrogen and oxygen atoms in total. The fourth-order valence-corrected chi connectivity index (χ4v) is 3.68. The Kier molecular flexibility index (Phi) is 7.42. The summed E-state index contributed by atoms with van der Waals surface area (Å²) in [7, 11) is 0. The molecule has 2 heterocycles. The molecule has 1 aliphatic rings. The Morgan fingerprint density at radius 3 is 2.84 bits per heavy atom. The van der Waals surface area contributed by atoms with E-state index in [0.717, 1.165) is 0 Å². The van der Waals surface area contributed by atoms with E-state index < -0.39 is 41.7 Å². The van der Waals surface area contributed by atoms with Crippen LogP contribution in [0.15, 0.2) is 34.0 Å². The van der Waals surface area contributed by atoms with E-state index in [0.29, 0.717) is 22.8 Å². The molecule has 0 bridgehead atoms. The van der Waals surface area contributed by atoms with Gasteiger partial charge in [-0.1, -0.05) is 30.1 Å². The van der Waals surface area contributed by atoms with Crippen LogP contribution in [0.1, 0.15) is 32.1 Å². The number of carbonyl (C=O) groups is 1. The smallest absolute Gasteiger partial charge is 0.330 e. The first-order chi connectivity index (χ1) is 14.7. The van der Waals surface area contributed by atoms with E-state index in [1.165, 1.54) is 16.8 Å². The number of hydrogen-bond acceptors (Lipinski definition) is 6. The first kappa shape index (κ1) is 23.3. The molecule has 1 aromatic carbocycles. The summed E-state index contributed by atoms with van der Waals surface area (Å²) in [6.45, 7) is 3.36. The fourth-order valence-electron chi connectivity index (χ4n) is 3.22. The van der Waals surface area contributed by atoms with Crippen LogP contribution in [0.2, 0.25) is 10.0 Å². The van der Waals surface area contributed by atoms with Gasteiger partial charge in [0.05, 0.1) is 11.1 Å². The van der Waals surface area contributed by atoms with Gasteiger partial charge in [-0.3, -0.25) is 19.1 Å². The van der Waals surface area contributed by atoms with Crippen molar-refractivity contribution in [2.24, 2.45) is 0 Å². The lowest BCUT2D eigenvalue weighted by Gasteiger charge is -2.19. The number of aryl methyl sites for hydroxylation is 1. The molecule has 0 spiro atoms. The predicted molar refractivity (Wildman–Crippen MR) is 115 cm³/mol. The number of aliphatic hydroxyl groups is 1. The second-order valence-corrected chi connectivity index (χ2v) is 8.03. The molecule has 4 atom stereocenters. The molecular formula is C20H23Cl2N3O6. The lowest BCUT2D eigenvalue weighted by Crippen LogP contribution is -2.42. The number of halogens is 2. The lowest BCUT2D eigenvalue weighted by atomic mass is 10.1. The van der Waals surface area contributed by atoms with E-state index >= 15 is 0 Å². The Bertz CT molecular complexity index is 1070. The lowest BCUT2D eigenvalue weighted by molar-refractivity contribution is -0.128. The molecule has 0 aliphatic carbocycles. The quantitative estimate of drug-likeness (QED) is 0.563. The molecule has 11 heteroatoms. The van der Waals surface area contributed by atoms with Gasteiger partial charge in [0.15, 0.2) is 6.10 Å². The maximum absolute atomic E-state index is 12.4. The molecule has 31 heavy (non-hydrogen) atoms. The summed E-state index contributed by atoms with van der Waals surface area (Å²) in [6.07, 6.45) is -1.23. The molecule has 1 fully saturated rings. The van der Waals surface area contributed by atoms with Crippen LogP contribution in [-0.4, -0.2) is 45.4 Å². The minimum atomic E-state index is -0.906. The SMILES string of the molecule is CCc1cn(C2CC(O)C(CNC(=O)C(C)Oc3ccc(Cl)cc3Cl)O2)c(=O)[nH]c1=O. The van der Waals surface area contributed by atoms with Crippen LogP contribution in [0.4, 0.5) is 0 Å². The Morgan fingerprint density at radius 2 is 2.16 bits per heavy atom. The van der Waals surface area contributed by atoms with Gasteiger partial charge < -0.3 is 19.9 Å². The van der Waals surface area contributed by atoms with Crippen molar-refractivity contribution < 1.29 is 19.4 Å². The monoisotopic (exact) mass is 471 g/mol.